The average Bonchev–Trinajstić information content (AvgIpc) is 2.37. The van der Waals surface area contributed by atoms with Crippen LogP contribution in [-0.2, 0) is 19.1 Å². The van der Waals surface area contributed by atoms with Gasteiger partial charge < -0.3 is 4.74 Å². The van der Waals surface area contributed by atoms with Crippen molar-refractivity contribution in [2.24, 2.45) is 16.7 Å². The quantitative estimate of drug-likeness (QED) is 0.494. The highest BCUT2D eigenvalue weighted by molar-refractivity contribution is 6.43. The van der Waals surface area contributed by atoms with Crippen molar-refractivity contribution in [3.63, 3.8) is 0 Å². The van der Waals surface area contributed by atoms with E-state index < -0.39 is 28.8 Å². The summed E-state index contributed by atoms with van der Waals surface area (Å²) in [6.45, 7) is 6.94. The molecule has 2 saturated carbocycles. The first-order valence-corrected chi connectivity index (χ1v) is 5.47. The van der Waals surface area contributed by atoms with Crippen molar-refractivity contribution in [1.29, 1.82) is 0 Å². The van der Waals surface area contributed by atoms with Crippen LogP contribution in [0.5, 0.6) is 0 Å². The molecule has 2 bridgehead atoms. The second kappa shape index (κ2) is 2.93. The molecule has 3 atom stereocenters. The van der Waals surface area contributed by atoms with Gasteiger partial charge in [-0.25, -0.2) is 0 Å². The third kappa shape index (κ3) is 1.07. The Hall–Kier alpha value is -1.19. The van der Waals surface area contributed by atoms with E-state index in [4.69, 9.17) is 4.74 Å². The first-order chi connectivity index (χ1) is 7.22. The maximum absolute atomic E-state index is 11.8. The van der Waals surface area contributed by atoms with Crippen LogP contribution in [0.2, 0.25) is 0 Å². The van der Waals surface area contributed by atoms with E-state index in [2.05, 4.69) is 0 Å². The molecule has 16 heavy (non-hydrogen) atoms. The first-order valence-electron chi connectivity index (χ1n) is 5.47. The zero-order valence-electron chi connectivity index (χ0n) is 9.99. The third-order valence-electron chi connectivity index (χ3n) is 4.51. The van der Waals surface area contributed by atoms with Crippen LogP contribution in [0.15, 0.2) is 0 Å². The molecule has 0 spiro atoms. The number of esters is 1. The van der Waals surface area contributed by atoms with Crippen molar-refractivity contribution in [1.82, 2.24) is 0 Å². The average molecular weight is 224 g/mol. The molecule has 0 heterocycles. The van der Waals surface area contributed by atoms with Gasteiger partial charge in [0.1, 0.15) is 6.10 Å². The molecule has 0 aromatic rings. The Bertz CT molecular complexity index is 396. The van der Waals surface area contributed by atoms with Gasteiger partial charge in [0.15, 0.2) is 0 Å². The molecule has 0 aromatic carbocycles. The minimum absolute atomic E-state index is 0.300. The number of hydrogen-bond acceptors (Lipinski definition) is 4. The van der Waals surface area contributed by atoms with E-state index in [-0.39, 0.29) is 11.6 Å². The summed E-state index contributed by atoms with van der Waals surface area (Å²) in [5, 5.41) is 0. The minimum atomic E-state index is -0.672. The lowest BCUT2D eigenvalue weighted by Gasteiger charge is -2.30. The van der Waals surface area contributed by atoms with Gasteiger partial charge in [-0.1, -0.05) is 20.8 Å². The number of fused-ring (bicyclic) bond motifs is 2. The molecule has 0 aliphatic heterocycles. The lowest BCUT2D eigenvalue weighted by Crippen LogP contribution is -2.38. The number of ketones is 2. The smallest absolute Gasteiger partial charge is 0.302 e. The second-order valence-electron chi connectivity index (χ2n) is 5.58. The predicted molar refractivity (Wildman–Crippen MR) is 55.6 cm³/mol. The van der Waals surface area contributed by atoms with Crippen molar-refractivity contribution >= 4 is 17.5 Å². The van der Waals surface area contributed by atoms with Gasteiger partial charge in [0.25, 0.3) is 0 Å². The van der Waals surface area contributed by atoms with Gasteiger partial charge in [-0.15, -0.1) is 0 Å². The van der Waals surface area contributed by atoms with E-state index in [1.165, 1.54) is 6.92 Å². The highest BCUT2D eigenvalue weighted by Gasteiger charge is 2.71. The van der Waals surface area contributed by atoms with Gasteiger partial charge in [-0.05, 0) is 11.8 Å². The van der Waals surface area contributed by atoms with Crippen LogP contribution in [0.3, 0.4) is 0 Å². The number of hydrogen-bond donors (Lipinski definition) is 0. The SMILES string of the molecule is CC(=O)O[C@@H]1C[C@@]2(C)C(=O)C(=O)[C@H]1C2(C)C. The summed E-state index contributed by atoms with van der Waals surface area (Å²) in [4.78, 5) is 34.6. The van der Waals surface area contributed by atoms with Crippen molar-refractivity contribution in [3.8, 4) is 0 Å². The number of carbonyl (C=O) groups is 3. The Kier molecular flexibility index (Phi) is 2.07. The zero-order chi connectivity index (χ0) is 12.3. The summed E-state index contributed by atoms with van der Waals surface area (Å²) in [6, 6.07) is 0. The van der Waals surface area contributed by atoms with Crippen LogP contribution in [0.25, 0.3) is 0 Å². The molecule has 4 heteroatoms. The molecule has 0 N–H and O–H groups in total. The molecule has 2 rings (SSSR count). The zero-order valence-corrected chi connectivity index (χ0v) is 9.99. The number of ether oxygens (including phenoxy) is 1. The molecule has 0 radical (unpaired) electrons. The predicted octanol–water partition coefficient (Wildman–Crippen LogP) is 1.12. The van der Waals surface area contributed by atoms with Gasteiger partial charge >= 0.3 is 5.97 Å². The third-order valence-corrected chi connectivity index (χ3v) is 4.51. The van der Waals surface area contributed by atoms with Gasteiger partial charge in [0.2, 0.25) is 11.6 Å². The summed E-state index contributed by atoms with van der Waals surface area (Å²) in [5.74, 6) is -1.53. The molecule has 2 aliphatic carbocycles. The summed E-state index contributed by atoms with van der Waals surface area (Å²) in [7, 11) is 0. The van der Waals surface area contributed by atoms with Crippen molar-refractivity contribution in [3.05, 3.63) is 0 Å². The molecule has 0 unspecified atom stereocenters. The molecule has 0 amide bonds. The highest BCUT2D eigenvalue weighted by Crippen LogP contribution is 2.62. The van der Waals surface area contributed by atoms with E-state index in [1.807, 2.05) is 13.8 Å². The Labute approximate surface area is 94.3 Å². The second-order valence-corrected chi connectivity index (χ2v) is 5.58. The van der Waals surface area contributed by atoms with Crippen LogP contribution in [-0.4, -0.2) is 23.6 Å². The molecular formula is C12H16O4. The van der Waals surface area contributed by atoms with E-state index in [0.29, 0.717) is 6.42 Å². The van der Waals surface area contributed by atoms with Gasteiger partial charge in [-0.3, -0.25) is 14.4 Å². The van der Waals surface area contributed by atoms with Crippen molar-refractivity contribution in [2.45, 2.75) is 40.2 Å². The molecule has 2 fully saturated rings. The minimum Gasteiger partial charge on any atom is -0.462 e. The van der Waals surface area contributed by atoms with Crippen LogP contribution < -0.4 is 0 Å². The largest absolute Gasteiger partial charge is 0.462 e. The Morgan fingerprint density at radius 1 is 1.31 bits per heavy atom. The topological polar surface area (TPSA) is 60.4 Å². The molecule has 4 nitrogen and oxygen atoms in total. The van der Waals surface area contributed by atoms with Crippen molar-refractivity contribution in [2.75, 3.05) is 0 Å². The highest BCUT2D eigenvalue weighted by atomic mass is 16.5. The van der Waals surface area contributed by atoms with Crippen LogP contribution in [0.1, 0.15) is 34.1 Å². The molecular weight excluding hydrogens is 208 g/mol. The standard InChI is InChI=1S/C12H16O4/c1-6(13)16-7-5-12(4)10(15)9(14)8(7)11(12,2)3/h7-8H,5H2,1-4H3/t7-,8+,12+/m1/s1. The maximum Gasteiger partial charge on any atom is 0.302 e. The fourth-order valence-corrected chi connectivity index (χ4v) is 3.21. The van der Waals surface area contributed by atoms with E-state index >= 15 is 0 Å². The van der Waals surface area contributed by atoms with E-state index in [9.17, 15) is 14.4 Å². The van der Waals surface area contributed by atoms with Gasteiger partial charge in [-0.2, -0.15) is 0 Å². The van der Waals surface area contributed by atoms with Crippen LogP contribution in [0, 0.1) is 16.7 Å². The van der Waals surface area contributed by atoms with Crippen LogP contribution >= 0.6 is 0 Å². The normalized spacial score (nSPS) is 40.2. The van der Waals surface area contributed by atoms with Gasteiger partial charge in [0, 0.05) is 12.3 Å². The number of rotatable bonds is 1. The summed E-state index contributed by atoms with van der Waals surface area (Å²) in [6.07, 6.45) is 0.0390. The molecule has 2 aliphatic rings. The summed E-state index contributed by atoms with van der Waals surface area (Å²) >= 11 is 0. The van der Waals surface area contributed by atoms with E-state index in [0.717, 1.165) is 0 Å². The number of Topliss-reactive ketones (excluding diaryl/α,β-unsaturated/α-hetero) is 2. The fraction of sp³-hybridized carbons (Fsp3) is 0.750. The molecule has 0 saturated heterocycles. The van der Waals surface area contributed by atoms with Gasteiger partial charge in [0.05, 0.1) is 5.92 Å². The Balaban J connectivity index is 2.40. The lowest BCUT2D eigenvalue weighted by molar-refractivity contribution is -0.155. The first kappa shape index (κ1) is 11.3. The summed E-state index contributed by atoms with van der Waals surface area (Å²) < 4.78 is 5.15. The molecule has 88 valence electrons. The lowest BCUT2D eigenvalue weighted by atomic mass is 9.70. The Morgan fingerprint density at radius 2 is 1.88 bits per heavy atom. The molecule has 0 aromatic heterocycles. The monoisotopic (exact) mass is 224 g/mol. The van der Waals surface area contributed by atoms with E-state index in [1.54, 1.807) is 6.92 Å². The Morgan fingerprint density at radius 3 is 2.25 bits per heavy atom. The van der Waals surface area contributed by atoms with Crippen LogP contribution in [0.4, 0.5) is 0 Å². The summed E-state index contributed by atoms with van der Waals surface area (Å²) in [5.41, 5.74) is -1.09. The fourth-order valence-electron chi connectivity index (χ4n) is 3.21. The number of carbonyl (C=O) groups excluding carboxylic acids is 3. The maximum atomic E-state index is 11.8. The van der Waals surface area contributed by atoms with Crippen molar-refractivity contribution < 1.29 is 19.1 Å².